The Morgan fingerprint density at radius 2 is 1.92 bits per heavy atom. The van der Waals surface area contributed by atoms with Crippen LogP contribution in [0.3, 0.4) is 0 Å². The molecule has 1 aromatic heterocycles. The number of benzene rings is 1. The Balaban J connectivity index is 2.19. The molecule has 7 nitrogen and oxygen atoms in total. The average molecular weight is 346 g/mol. The topological polar surface area (TPSA) is 77.2 Å². The molecule has 7 heteroatoms. The highest BCUT2D eigenvalue weighted by Crippen LogP contribution is 2.23. The highest BCUT2D eigenvalue weighted by molar-refractivity contribution is 5.55. The van der Waals surface area contributed by atoms with Crippen molar-refractivity contribution in [2.75, 3.05) is 31.2 Å². The van der Waals surface area contributed by atoms with Crippen LogP contribution in [0.5, 0.6) is 0 Å². The lowest BCUT2D eigenvalue weighted by Gasteiger charge is -2.22. The Hall–Kier alpha value is -2.25. The third-order valence-corrected chi connectivity index (χ3v) is 3.98. The number of hydrogen-bond acceptors (Lipinski definition) is 5. The summed E-state index contributed by atoms with van der Waals surface area (Å²) in [5.74, 6) is 0.807. The number of aliphatic hydroxyl groups excluding tert-OH is 2. The van der Waals surface area contributed by atoms with Crippen molar-refractivity contribution in [3.63, 3.8) is 0 Å². The van der Waals surface area contributed by atoms with Crippen LogP contribution in [0.4, 0.5) is 17.3 Å². The van der Waals surface area contributed by atoms with Crippen LogP contribution in [-0.4, -0.2) is 41.1 Å². The minimum atomic E-state index is 0.0343. The Labute approximate surface area is 148 Å². The molecule has 0 atom stereocenters. The average Bonchev–Trinajstić information content (AvgIpc) is 2.98. The molecule has 0 amide bonds. The van der Waals surface area contributed by atoms with Crippen molar-refractivity contribution in [1.82, 2.24) is 4.57 Å². The highest BCUT2D eigenvalue weighted by atomic mass is 16.3. The van der Waals surface area contributed by atoms with Crippen LogP contribution in [-0.2, 0) is 13.6 Å². The fraction of sp³-hybridized carbons (Fsp3) is 0.500. The molecule has 2 aromatic rings. The SMILES string of the molecule is CCCCn1cc[n+](C)c1N=Nc1cccc(N(CCO)CCO)c1. The van der Waals surface area contributed by atoms with Crippen molar-refractivity contribution in [2.45, 2.75) is 26.3 Å². The molecule has 1 heterocycles. The third kappa shape index (κ3) is 5.37. The van der Waals surface area contributed by atoms with Crippen LogP contribution in [0.2, 0.25) is 0 Å². The van der Waals surface area contributed by atoms with Gasteiger partial charge in [0.15, 0.2) is 0 Å². The van der Waals surface area contributed by atoms with Crippen LogP contribution in [0.1, 0.15) is 19.8 Å². The largest absolute Gasteiger partial charge is 0.421 e. The van der Waals surface area contributed by atoms with Gasteiger partial charge in [-0.2, -0.15) is 0 Å². The molecule has 0 fully saturated rings. The molecule has 0 spiro atoms. The van der Waals surface area contributed by atoms with E-state index in [1.54, 1.807) is 0 Å². The number of aliphatic hydroxyl groups is 2. The first-order chi connectivity index (χ1) is 12.2. The monoisotopic (exact) mass is 346 g/mol. The van der Waals surface area contributed by atoms with Gasteiger partial charge in [0.1, 0.15) is 5.69 Å². The third-order valence-electron chi connectivity index (χ3n) is 3.98. The summed E-state index contributed by atoms with van der Waals surface area (Å²) in [6.45, 7) is 4.10. The Bertz CT molecular complexity index is 678. The zero-order valence-electron chi connectivity index (χ0n) is 15.0. The van der Waals surface area contributed by atoms with E-state index in [2.05, 4.69) is 21.7 Å². The number of anilines is 1. The van der Waals surface area contributed by atoms with E-state index >= 15 is 0 Å². The second-order valence-electron chi connectivity index (χ2n) is 5.91. The van der Waals surface area contributed by atoms with Crippen molar-refractivity contribution >= 4 is 17.3 Å². The predicted molar refractivity (Wildman–Crippen MR) is 97.5 cm³/mol. The summed E-state index contributed by atoms with van der Waals surface area (Å²) in [6.07, 6.45) is 6.23. The minimum Gasteiger partial charge on any atom is -0.395 e. The molecule has 136 valence electrons. The van der Waals surface area contributed by atoms with Gasteiger partial charge in [-0.25, -0.2) is 9.13 Å². The summed E-state index contributed by atoms with van der Waals surface area (Å²) in [7, 11) is 1.96. The number of hydrogen-bond donors (Lipinski definition) is 2. The highest BCUT2D eigenvalue weighted by Gasteiger charge is 2.14. The smallest absolute Gasteiger partial charge is 0.395 e. The van der Waals surface area contributed by atoms with E-state index in [9.17, 15) is 10.2 Å². The quantitative estimate of drug-likeness (QED) is 0.512. The van der Waals surface area contributed by atoms with Crippen LogP contribution in [0.25, 0.3) is 0 Å². The molecule has 2 N–H and O–H groups in total. The fourth-order valence-electron chi connectivity index (χ4n) is 2.61. The molecular weight excluding hydrogens is 318 g/mol. The number of aromatic nitrogens is 2. The molecule has 0 radical (unpaired) electrons. The normalized spacial score (nSPS) is 11.4. The van der Waals surface area contributed by atoms with Gasteiger partial charge in [-0.3, -0.25) is 0 Å². The van der Waals surface area contributed by atoms with Gasteiger partial charge >= 0.3 is 5.95 Å². The van der Waals surface area contributed by atoms with Crippen molar-refractivity contribution in [2.24, 2.45) is 17.3 Å². The molecule has 25 heavy (non-hydrogen) atoms. The maximum Gasteiger partial charge on any atom is 0.421 e. The standard InChI is InChI=1S/C18H28N5O2/c1-3-4-8-23-10-9-21(2)18(23)20-19-16-6-5-7-17(15-16)22(11-13-24)12-14-25/h5-7,9-10,15,24-25H,3-4,8,11-14H2,1-2H3/q+1. The Kier molecular flexibility index (Phi) is 7.56. The maximum atomic E-state index is 9.18. The lowest BCUT2D eigenvalue weighted by molar-refractivity contribution is -0.657. The number of unbranched alkanes of at least 4 members (excludes halogenated alkanes) is 1. The molecule has 2 rings (SSSR count). The second-order valence-corrected chi connectivity index (χ2v) is 5.91. The molecule has 0 aliphatic rings. The van der Waals surface area contributed by atoms with E-state index < -0.39 is 0 Å². The van der Waals surface area contributed by atoms with Crippen LogP contribution < -0.4 is 9.47 Å². The van der Waals surface area contributed by atoms with Gasteiger partial charge < -0.3 is 15.1 Å². The van der Waals surface area contributed by atoms with Crippen molar-refractivity contribution in [1.29, 1.82) is 0 Å². The Morgan fingerprint density at radius 3 is 2.60 bits per heavy atom. The second kappa shape index (κ2) is 9.90. The van der Waals surface area contributed by atoms with Crippen LogP contribution >= 0.6 is 0 Å². The molecule has 0 saturated carbocycles. The molecule has 0 unspecified atom stereocenters. The van der Waals surface area contributed by atoms with Crippen molar-refractivity contribution < 1.29 is 14.8 Å². The Morgan fingerprint density at radius 1 is 1.16 bits per heavy atom. The number of aryl methyl sites for hydroxylation is 2. The summed E-state index contributed by atoms with van der Waals surface area (Å²) in [6, 6.07) is 7.65. The van der Waals surface area contributed by atoms with Gasteiger partial charge in [0.2, 0.25) is 0 Å². The molecular formula is C18H28N5O2+. The van der Waals surface area contributed by atoms with Crippen LogP contribution in [0, 0.1) is 0 Å². The first-order valence-electron chi connectivity index (χ1n) is 8.72. The van der Waals surface area contributed by atoms with E-state index in [4.69, 9.17) is 0 Å². The van der Waals surface area contributed by atoms with E-state index in [0.717, 1.165) is 36.7 Å². The molecule has 0 bridgehead atoms. The fourth-order valence-corrected chi connectivity index (χ4v) is 2.61. The summed E-state index contributed by atoms with van der Waals surface area (Å²) >= 11 is 0. The van der Waals surface area contributed by atoms with Crippen molar-refractivity contribution in [3.8, 4) is 0 Å². The molecule has 1 aromatic carbocycles. The van der Waals surface area contributed by atoms with Crippen molar-refractivity contribution in [3.05, 3.63) is 36.7 Å². The zero-order valence-corrected chi connectivity index (χ0v) is 15.0. The van der Waals surface area contributed by atoms with Gasteiger partial charge in [0.05, 0.1) is 39.2 Å². The lowest BCUT2D eigenvalue weighted by Crippen LogP contribution is -2.29. The van der Waals surface area contributed by atoms with E-state index in [0.29, 0.717) is 13.1 Å². The van der Waals surface area contributed by atoms with E-state index in [1.807, 2.05) is 53.2 Å². The molecule has 0 aliphatic carbocycles. The first-order valence-corrected chi connectivity index (χ1v) is 8.72. The minimum absolute atomic E-state index is 0.0343. The van der Waals surface area contributed by atoms with E-state index in [-0.39, 0.29) is 13.2 Å². The summed E-state index contributed by atoms with van der Waals surface area (Å²) in [4.78, 5) is 1.92. The van der Waals surface area contributed by atoms with Gasteiger partial charge in [0, 0.05) is 23.9 Å². The lowest BCUT2D eigenvalue weighted by atomic mass is 10.2. The first kappa shape index (κ1) is 19.1. The number of rotatable bonds is 10. The number of imidazole rings is 1. The summed E-state index contributed by atoms with van der Waals surface area (Å²) in [5, 5.41) is 27.2. The number of azo groups is 1. The van der Waals surface area contributed by atoms with Gasteiger partial charge in [-0.05, 0) is 24.6 Å². The van der Waals surface area contributed by atoms with Gasteiger partial charge in [-0.15, -0.1) is 0 Å². The number of nitrogens with zero attached hydrogens (tertiary/aromatic N) is 5. The maximum absolute atomic E-state index is 9.18. The molecule has 0 saturated heterocycles. The zero-order chi connectivity index (χ0) is 18.1. The summed E-state index contributed by atoms with van der Waals surface area (Å²) in [5.41, 5.74) is 1.65. The predicted octanol–water partition coefficient (Wildman–Crippen LogP) is 2.32. The summed E-state index contributed by atoms with van der Waals surface area (Å²) < 4.78 is 4.05. The van der Waals surface area contributed by atoms with Crippen LogP contribution in [0.15, 0.2) is 46.9 Å². The van der Waals surface area contributed by atoms with E-state index in [1.165, 1.54) is 0 Å². The van der Waals surface area contributed by atoms with Gasteiger partial charge in [0.25, 0.3) is 0 Å². The molecule has 0 aliphatic heterocycles. The van der Waals surface area contributed by atoms with Gasteiger partial charge in [-0.1, -0.05) is 24.5 Å².